The Balaban J connectivity index is 1.76. The molecular weight excluding hydrogens is 447 g/mol. The summed E-state index contributed by atoms with van der Waals surface area (Å²) in [6.07, 6.45) is 1.52. The van der Waals surface area contributed by atoms with Crippen molar-refractivity contribution in [2.75, 3.05) is 5.73 Å². The predicted molar refractivity (Wildman–Crippen MR) is 121 cm³/mol. The van der Waals surface area contributed by atoms with E-state index in [9.17, 15) is 4.79 Å². The lowest BCUT2D eigenvalue weighted by atomic mass is 10.1. The van der Waals surface area contributed by atoms with Crippen LogP contribution in [0.4, 0.5) is 5.69 Å². The van der Waals surface area contributed by atoms with Crippen molar-refractivity contribution in [1.82, 2.24) is 20.2 Å². The highest BCUT2D eigenvalue weighted by molar-refractivity contribution is 6.46. The van der Waals surface area contributed by atoms with E-state index in [1.165, 1.54) is 11.8 Å². The van der Waals surface area contributed by atoms with Gasteiger partial charge in [0, 0.05) is 11.3 Å². The van der Waals surface area contributed by atoms with Crippen molar-refractivity contribution in [1.29, 1.82) is 0 Å². The zero-order valence-electron chi connectivity index (χ0n) is 16.5. The van der Waals surface area contributed by atoms with Crippen LogP contribution in [0.5, 0.6) is 0 Å². The number of pyridine rings is 1. The molecule has 2 heterocycles. The number of nitrogens with one attached hydrogen (secondary N) is 1. The molecule has 3 aromatic rings. The number of hydrogen-bond acceptors (Lipinski definition) is 5. The molecule has 0 radical (unpaired) electrons. The van der Waals surface area contributed by atoms with E-state index in [-0.39, 0.29) is 26.6 Å². The maximum absolute atomic E-state index is 12.4. The number of carbonyl (C=O) groups is 1. The van der Waals surface area contributed by atoms with Crippen LogP contribution < -0.4 is 11.2 Å². The second kappa shape index (κ2) is 9.04. The van der Waals surface area contributed by atoms with Crippen LogP contribution >= 0.6 is 34.8 Å². The van der Waals surface area contributed by atoms with Crippen molar-refractivity contribution < 1.29 is 4.79 Å². The molecule has 0 aliphatic heterocycles. The molecule has 156 valence electrons. The largest absolute Gasteiger partial charge is 0.396 e. The summed E-state index contributed by atoms with van der Waals surface area (Å²) in [7, 11) is 0. The van der Waals surface area contributed by atoms with E-state index in [1.54, 1.807) is 0 Å². The normalized spacial score (nSPS) is 11.3. The summed E-state index contributed by atoms with van der Waals surface area (Å²) in [5.74, 6) is -0.663. The second-order valence-electron chi connectivity index (χ2n) is 6.72. The van der Waals surface area contributed by atoms with E-state index < -0.39 is 5.91 Å². The monoisotopic (exact) mass is 464 g/mol. The Morgan fingerprint density at radius 1 is 1.17 bits per heavy atom. The highest BCUT2D eigenvalue weighted by atomic mass is 35.5. The molecule has 1 amide bonds. The predicted octanol–water partition coefficient (Wildman–Crippen LogP) is 4.56. The molecule has 0 aliphatic rings. The number of nitrogen functional groups attached to an aromatic ring is 1. The fourth-order valence-corrected chi connectivity index (χ4v) is 3.40. The van der Waals surface area contributed by atoms with Crippen LogP contribution in [0.2, 0.25) is 15.2 Å². The van der Waals surface area contributed by atoms with Gasteiger partial charge in [-0.3, -0.25) is 9.48 Å². The number of halogens is 3. The molecule has 0 fully saturated rings. The van der Waals surface area contributed by atoms with E-state index in [0.717, 1.165) is 22.5 Å². The van der Waals surface area contributed by atoms with Gasteiger partial charge in [0.05, 0.1) is 29.2 Å². The van der Waals surface area contributed by atoms with Crippen LogP contribution in [0.15, 0.2) is 29.4 Å². The van der Waals surface area contributed by atoms with Gasteiger partial charge in [-0.05, 0) is 26.3 Å². The summed E-state index contributed by atoms with van der Waals surface area (Å²) in [5, 5.41) is 8.36. The summed E-state index contributed by atoms with van der Waals surface area (Å²) in [4.78, 5) is 16.2. The SMILES string of the molecule is Cc1ccc(Cn2nc(C)c(C=NNC(=O)c3nc(Cl)c(Cl)c(N)c3Cl)c2C)cc1. The third kappa shape index (κ3) is 4.59. The lowest BCUT2D eigenvalue weighted by molar-refractivity contribution is 0.0950. The first-order valence-electron chi connectivity index (χ1n) is 8.92. The van der Waals surface area contributed by atoms with Crippen LogP contribution in [0.25, 0.3) is 0 Å². The smallest absolute Gasteiger partial charge is 0.291 e. The van der Waals surface area contributed by atoms with E-state index >= 15 is 0 Å². The average Bonchev–Trinajstić information content (AvgIpc) is 2.98. The minimum atomic E-state index is -0.663. The number of carbonyl (C=O) groups excluding carboxylic acids is 1. The van der Waals surface area contributed by atoms with Crippen LogP contribution in [0.1, 0.15) is 38.6 Å². The van der Waals surface area contributed by atoms with E-state index in [0.29, 0.717) is 6.54 Å². The molecule has 0 aliphatic carbocycles. The molecule has 0 atom stereocenters. The van der Waals surface area contributed by atoms with E-state index in [1.807, 2.05) is 25.5 Å². The summed E-state index contributed by atoms with van der Waals surface area (Å²) in [6.45, 7) is 6.50. The van der Waals surface area contributed by atoms with Gasteiger partial charge in [0.1, 0.15) is 5.02 Å². The average molecular weight is 466 g/mol. The molecule has 30 heavy (non-hydrogen) atoms. The van der Waals surface area contributed by atoms with Crippen LogP contribution in [0, 0.1) is 20.8 Å². The molecule has 10 heteroatoms. The molecule has 3 N–H and O–H groups in total. The van der Waals surface area contributed by atoms with Crippen molar-refractivity contribution in [2.45, 2.75) is 27.3 Å². The summed E-state index contributed by atoms with van der Waals surface area (Å²) < 4.78 is 1.89. The fraction of sp³-hybridized carbons (Fsp3) is 0.200. The van der Waals surface area contributed by atoms with Gasteiger partial charge in [-0.1, -0.05) is 64.6 Å². The van der Waals surface area contributed by atoms with Gasteiger partial charge < -0.3 is 5.73 Å². The highest BCUT2D eigenvalue weighted by Crippen LogP contribution is 2.34. The lowest BCUT2D eigenvalue weighted by Crippen LogP contribution is -2.20. The van der Waals surface area contributed by atoms with Gasteiger partial charge in [0.2, 0.25) is 0 Å². The first kappa shape index (κ1) is 22.1. The summed E-state index contributed by atoms with van der Waals surface area (Å²) in [5.41, 5.74) is 12.8. The Labute approximate surface area is 188 Å². The third-order valence-electron chi connectivity index (χ3n) is 4.54. The van der Waals surface area contributed by atoms with Crippen molar-refractivity contribution >= 4 is 52.6 Å². The molecule has 0 saturated heterocycles. The maximum atomic E-state index is 12.4. The minimum Gasteiger partial charge on any atom is -0.396 e. The van der Waals surface area contributed by atoms with E-state index in [2.05, 4.69) is 44.9 Å². The number of aromatic nitrogens is 3. The Morgan fingerprint density at radius 3 is 2.50 bits per heavy atom. The molecule has 2 aromatic heterocycles. The topological polar surface area (TPSA) is 98.2 Å². The van der Waals surface area contributed by atoms with Gasteiger partial charge in [-0.15, -0.1) is 0 Å². The Hall–Kier alpha value is -2.61. The van der Waals surface area contributed by atoms with E-state index in [4.69, 9.17) is 40.5 Å². The molecular formula is C20H19Cl3N6O. The number of anilines is 1. The quantitative estimate of drug-likeness (QED) is 0.328. The minimum absolute atomic E-state index is 0.00559. The van der Waals surface area contributed by atoms with Crippen molar-refractivity contribution in [3.8, 4) is 0 Å². The summed E-state index contributed by atoms with van der Waals surface area (Å²) in [6, 6.07) is 8.26. The van der Waals surface area contributed by atoms with Gasteiger partial charge in [-0.25, -0.2) is 10.4 Å². The number of hydrazone groups is 1. The number of amides is 1. The molecule has 1 aromatic carbocycles. The van der Waals surface area contributed by atoms with Crippen molar-refractivity contribution in [3.05, 3.63) is 73.2 Å². The number of benzene rings is 1. The Bertz CT molecular complexity index is 1140. The highest BCUT2D eigenvalue weighted by Gasteiger charge is 2.19. The van der Waals surface area contributed by atoms with Crippen LogP contribution in [-0.2, 0) is 6.54 Å². The van der Waals surface area contributed by atoms with Crippen molar-refractivity contribution in [2.24, 2.45) is 5.10 Å². The number of rotatable bonds is 5. The maximum Gasteiger partial charge on any atom is 0.291 e. The fourth-order valence-electron chi connectivity index (χ4n) is 2.81. The Kier molecular flexibility index (Phi) is 6.65. The van der Waals surface area contributed by atoms with Crippen molar-refractivity contribution in [3.63, 3.8) is 0 Å². The second-order valence-corrected chi connectivity index (χ2v) is 7.83. The standard InChI is InChI=1S/C20H19Cl3N6O/c1-10-4-6-13(7-5-10)9-29-12(3)14(11(2)28-29)8-25-27-20(30)18-15(21)17(24)16(22)19(23)26-18/h4-8H,9H2,1-3H3,(H2,24,26)(H,27,30). The van der Waals surface area contributed by atoms with Crippen LogP contribution in [0.3, 0.4) is 0 Å². The molecule has 0 unspecified atom stereocenters. The molecule has 0 saturated carbocycles. The molecule has 0 spiro atoms. The lowest BCUT2D eigenvalue weighted by Gasteiger charge is -2.07. The van der Waals surface area contributed by atoms with Gasteiger partial charge in [-0.2, -0.15) is 10.2 Å². The first-order chi connectivity index (χ1) is 14.2. The zero-order valence-corrected chi connectivity index (χ0v) is 18.8. The van der Waals surface area contributed by atoms with Gasteiger partial charge in [0.25, 0.3) is 5.91 Å². The first-order valence-corrected chi connectivity index (χ1v) is 10.0. The molecule has 3 rings (SSSR count). The number of hydrogen-bond donors (Lipinski definition) is 2. The zero-order chi connectivity index (χ0) is 22.0. The third-order valence-corrected chi connectivity index (χ3v) is 5.67. The van der Waals surface area contributed by atoms with Gasteiger partial charge >= 0.3 is 0 Å². The Morgan fingerprint density at radius 2 is 1.83 bits per heavy atom. The molecule has 0 bridgehead atoms. The molecule has 7 nitrogen and oxygen atoms in total. The van der Waals surface area contributed by atoms with Gasteiger partial charge in [0.15, 0.2) is 10.8 Å². The number of aryl methyl sites for hydroxylation is 2. The number of nitrogens with two attached hydrogens (primary N) is 1. The summed E-state index contributed by atoms with van der Waals surface area (Å²) >= 11 is 17.8. The number of nitrogens with zero attached hydrogens (tertiary/aromatic N) is 4. The van der Waals surface area contributed by atoms with Crippen LogP contribution in [-0.4, -0.2) is 26.9 Å².